The smallest absolute Gasteiger partial charge is 0.346 e. The summed E-state index contributed by atoms with van der Waals surface area (Å²) in [5.41, 5.74) is 0.415. The zero-order valence-electron chi connectivity index (χ0n) is 11.3. The van der Waals surface area contributed by atoms with Crippen molar-refractivity contribution in [2.75, 3.05) is 0 Å². The Balaban J connectivity index is 2.58. The Hall–Kier alpha value is -1.40. The van der Waals surface area contributed by atoms with Crippen LogP contribution in [0, 0.1) is 0 Å². The Labute approximate surface area is 122 Å². The summed E-state index contributed by atoms with van der Waals surface area (Å²) in [6.07, 6.45) is 0.521. The van der Waals surface area contributed by atoms with Crippen molar-refractivity contribution in [1.29, 1.82) is 0 Å². The molecule has 1 unspecified atom stereocenters. The maximum atomic E-state index is 12.3. The van der Waals surface area contributed by atoms with Gasteiger partial charge in [0.25, 0.3) is 0 Å². The van der Waals surface area contributed by atoms with E-state index in [9.17, 15) is 18.3 Å². The molecular formula is C14H16O4S2. The molecule has 0 saturated carbocycles. The van der Waals surface area contributed by atoms with E-state index in [1.165, 1.54) is 0 Å². The predicted molar refractivity (Wildman–Crippen MR) is 81.2 cm³/mol. The van der Waals surface area contributed by atoms with Gasteiger partial charge >= 0.3 is 5.97 Å². The number of fused-ring (bicyclic) bond motifs is 1. The first-order valence-electron chi connectivity index (χ1n) is 6.32. The van der Waals surface area contributed by atoms with Gasteiger partial charge in [0.05, 0.1) is 11.0 Å². The molecule has 2 rings (SSSR count). The summed E-state index contributed by atoms with van der Waals surface area (Å²) in [5.74, 6) is -1.28. The van der Waals surface area contributed by atoms with E-state index in [1.807, 2.05) is 19.1 Å². The summed E-state index contributed by atoms with van der Waals surface area (Å²) in [4.78, 5) is 11.5. The molecule has 108 valence electrons. The van der Waals surface area contributed by atoms with Gasteiger partial charge < -0.3 is 5.11 Å². The highest BCUT2D eigenvalue weighted by Crippen LogP contribution is 2.33. The van der Waals surface area contributed by atoms with Gasteiger partial charge in [-0.15, -0.1) is 11.3 Å². The van der Waals surface area contributed by atoms with Crippen LogP contribution in [-0.2, 0) is 15.6 Å². The van der Waals surface area contributed by atoms with Gasteiger partial charge in [-0.05, 0) is 24.8 Å². The quantitative estimate of drug-likeness (QED) is 0.919. The minimum atomic E-state index is -3.34. The highest BCUT2D eigenvalue weighted by Gasteiger charge is 2.26. The first-order chi connectivity index (χ1) is 9.36. The lowest BCUT2D eigenvalue weighted by Gasteiger charge is -2.10. The molecular weight excluding hydrogens is 296 g/mol. The normalized spacial score (nSPS) is 13.5. The molecule has 0 aliphatic carbocycles. The second-order valence-electron chi connectivity index (χ2n) is 4.74. The van der Waals surface area contributed by atoms with Gasteiger partial charge in [0.15, 0.2) is 9.84 Å². The largest absolute Gasteiger partial charge is 0.477 e. The van der Waals surface area contributed by atoms with Gasteiger partial charge in [-0.1, -0.05) is 25.1 Å². The average Bonchev–Trinajstić information content (AvgIpc) is 2.76. The van der Waals surface area contributed by atoms with Crippen LogP contribution >= 0.6 is 11.3 Å². The molecule has 0 saturated heterocycles. The molecule has 0 fully saturated rings. The second kappa shape index (κ2) is 5.54. The van der Waals surface area contributed by atoms with Crippen molar-refractivity contribution in [3.8, 4) is 0 Å². The fourth-order valence-electron chi connectivity index (χ4n) is 2.01. The van der Waals surface area contributed by atoms with Crippen LogP contribution < -0.4 is 0 Å². The van der Waals surface area contributed by atoms with Gasteiger partial charge in [-0.3, -0.25) is 0 Å². The number of sulfone groups is 1. The molecule has 1 atom stereocenters. The number of rotatable bonds is 5. The average molecular weight is 312 g/mol. The Morgan fingerprint density at radius 3 is 2.60 bits per heavy atom. The van der Waals surface area contributed by atoms with Crippen LogP contribution in [0.5, 0.6) is 0 Å². The van der Waals surface area contributed by atoms with Crippen molar-refractivity contribution in [2.45, 2.75) is 31.3 Å². The molecule has 1 aromatic heterocycles. The fourth-order valence-corrected chi connectivity index (χ4v) is 4.66. The van der Waals surface area contributed by atoms with E-state index in [1.54, 1.807) is 19.1 Å². The van der Waals surface area contributed by atoms with Crippen LogP contribution in [0.4, 0.5) is 0 Å². The predicted octanol–water partition coefficient (Wildman–Crippen LogP) is 3.31. The topological polar surface area (TPSA) is 71.4 Å². The van der Waals surface area contributed by atoms with Crippen molar-refractivity contribution < 1.29 is 18.3 Å². The molecule has 0 amide bonds. The van der Waals surface area contributed by atoms with Crippen molar-refractivity contribution in [1.82, 2.24) is 0 Å². The van der Waals surface area contributed by atoms with Gasteiger partial charge in [0, 0.05) is 10.3 Å². The lowest BCUT2D eigenvalue weighted by molar-refractivity contribution is 0.0701. The molecule has 0 bridgehead atoms. The monoisotopic (exact) mass is 312 g/mol. The van der Waals surface area contributed by atoms with Gasteiger partial charge in [-0.2, -0.15) is 0 Å². The number of carboxylic acid groups (broad SMARTS) is 1. The molecule has 4 nitrogen and oxygen atoms in total. The lowest BCUT2D eigenvalue weighted by atomic mass is 10.1. The molecule has 0 spiro atoms. The Morgan fingerprint density at radius 1 is 1.35 bits per heavy atom. The summed E-state index contributed by atoms with van der Waals surface area (Å²) in [7, 11) is -3.34. The summed E-state index contributed by atoms with van der Waals surface area (Å²) in [6, 6.07) is 7.20. The van der Waals surface area contributed by atoms with Crippen LogP contribution in [0.2, 0.25) is 0 Å². The molecule has 1 aromatic carbocycles. The second-order valence-corrected chi connectivity index (χ2v) is 8.21. The maximum absolute atomic E-state index is 12.3. The SMILES string of the molecule is CCC(C)S(=O)(=O)Cc1c(C(=O)O)sc2ccccc12. The van der Waals surface area contributed by atoms with E-state index in [0.717, 1.165) is 21.4 Å². The minimum absolute atomic E-state index is 0.123. The van der Waals surface area contributed by atoms with Crippen LogP contribution in [0.1, 0.15) is 35.5 Å². The standard InChI is InChI=1S/C14H16O4S2/c1-3-9(2)20(17,18)8-11-10-6-4-5-7-12(10)19-13(11)14(15)16/h4-7,9H,3,8H2,1-2H3,(H,15,16). The summed E-state index contributed by atoms with van der Waals surface area (Å²) < 4.78 is 25.3. The molecule has 0 radical (unpaired) electrons. The number of thiophene rings is 1. The third-order valence-electron chi connectivity index (χ3n) is 3.43. The summed E-state index contributed by atoms with van der Waals surface area (Å²) in [6.45, 7) is 3.47. The van der Waals surface area contributed by atoms with E-state index >= 15 is 0 Å². The third kappa shape index (κ3) is 2.71. The van der Waals surface area contributed by atoms with E-state index in [2.05, 4.69) is 0 Å². The van der Waals surface area contributed by atoms with Crippen LogP contribution in [0.3, 0.4) is 0 Å². The molecule has 20 heavy (non-hydrogen) atoms. The van der Waals surface area contributed by atoms with E-state index < -0.39 is 21.1 Å². The number of carbonyl (C=O) groups is 1. The molecule has 2 aromatic rings. The first kappa shape index (κ1) is 15.0. The van der Waals surface area contributed by atoms with Crippen LogP contribution in [-0.4, -0.2) is 24.7 Å². The Bertz CT molecular complexity index is 744. The number of benzene rings is 1. The number of aromatic carboxylic acids is 1. The van der Waals surface area contributed by atoms with Gasteiger partial charge in [-0.25, -0.2) is 13.2 Å². The highest BCUT2D eigenvalue weighted by molar-refractivity contribution is 7.91. The van der Waals surface area contributed by atoms with E-state index in [4.69, 9.17) is 0 Å². The lowest BCUT2D eigenvalue weighted by Crippen LogP contribution is -2.19. The molecule has 0 aliphatic heterocycles. The minimum Gasteiger partial charge on any atom is -0.477 e. The number of hydrogen-bond acceptors (Lipinski definition) is 4. The zero-order chi connectivity index (χ0) is 14.9. The molecule has 6 heteroatoms. The Morgan fingerprint density at radius 2 is 2.00 bits per heavy atom. The van der Waals surface area contributed by atoms with Gasteiger partial charge in [0.2, 0.25) is 0 Å². The Kier molecular flexibility index (Phi) is 4.15. The number of hydrogen-bond donors (Lipinski definition) is 1. The number of carboxylic acids is 1. The van der Waals surface area contributed by atoms with Gasteiger partial charge in [0.1, 0.15) is 4.88 Å². The molecule has 0 aliphatic rings. The maximum Gasteiger partial charge on any atom is 0.346 e. The fraction of sp³-hybridized carbons (Fsp3) is 0.357. The molecule has 1 heterocycles. The van der Waals surface area contributed by atoms with Crippen molar-refractivity contribution in [3.63, 3.8) is 0 Å². The van der Waals surface area contributed by atoms with Crippen LogP contribution in [0.15, 0.2) is 24.3 Å². The zero-order valence-corrected chi connectivity index (χ0v) is 12.9. The highest BCUT2D eigenvalue weighted by atomic mass is 32.2. The summed E-state index contributed by atoms with van der Waals surface area (Å²) in [5, 5.41) is 9.53. The first-order valence-corrected chi connectivity index (χ1v) is 8.85. The van der Waals surface area contributed by atoms with E-state index in [-0.39, 0.29) is 10.6 Å². The van der Waals surface area contributed by atoms with E-state index in [0.29, 0.717) is 12.0 Å². The molecule has 1 N–H and O–H groups in total. The van der Waals surface area contributed by atoms with Crippen molar-refractivity contribution in [3.05, 3.63) is 34.7 Å². The third-order valence-corrected chi connectivity index (χ3v) is 6.88. The van der Waals surface area contributed by atoms with Crippen molar-refractivity contribution >= 4 is 37.2 Å². The van der Waals surface area contributed by atoms with Crippen LogP contribution in [0.25, 0.3) is 10.1 Å². The van der Waals surface area contributed by atoms with Crippen molar-refractivity contribution in [2.24, 2.45) is 0 Å². The summed E-state index contributed by atoms with van der Waals surface area (Å²) >= 11 is 1.13.